The molecule has 0 aliphatic heterocycles. The highest BCUT2D eigenvalue weighted by Gasteiger charge is 2.34. The SMILES string of the molecule is CC1(C)c2ccccc2-c2cc(-c3cccc(-c4ccccc4)c3)ccc21. The lowest BCUT2D eigenvalue weighted by Gasteiger charge is -2.21. The van der Waals surface area contributed by atoms with Crippen molar-refractivity contribution >= 4 is 0 Å². The summed E-state index contributed by atoms with van der Waals surface area (Å²) in [6.07, 6.45) is 0. The fourth-order valence-corrected chi connectivity index (χ4v) is 4.41. The van der Waals surface area contributed by atoms with Gasteiger partial charge in [0.2, 0.25) is 0 Å². The van der Waals surface area contributed by atoms with Crippen LogP contribution in [0.5, 0.6) is 0 Å². The topological polar surface area (TPSA) is 0 Å². The van der Waals surface area contributed by atoms with E-state index in [0.29, 0.717) is 0 Å². The maximum atomic E-state index is 2.37. The Bertz CT molecular complexity index is 1130. The van der Waals surface area contributed by atoms with Crippen LogP contribution in [0.4, 0.5) is 0 Å². The van der Waals surface area contributed by atoms with Gasteiger partial charge in [-0.3, -0.25) is 0 Å². The van der Waals surface area contributed by atoms with Crippen molar-refractivity contribution < 1.29 is 0 Å². The van der Waals surface area contributed by atoms with Gasteiger partial charge in [0.15, 0.2) is 0 Å². The van der Waals surface area contributed by atoms with E-state index in [9.17, 15) is 0 Å². The summed E-state index contributed by atoms with van der Waals surface area (Å²) in [5.41, 5.74) is 10.7. The third-order valence-electron chi connectivity index (χ3n) is 5.89. The Hall–Kier alpha value is -3.12. The molecule has 130 valence electrons. The monoisotopic (exact) mass is 346 g/mol. The average molecular weight is 346 g/mol. The lowest BCUT2D eigenvalue weighted by molar-refractivity contribution is 0.660. The summed E-state index contributed by atoms with van der Waals surface area (Å²) < 4.78 is 0. The predicted molar refractivity (Wildman–Crippen MR) is 115 cm³/mol. The van der Waals surface area contributed by atoms with Gasteiger partial charge in [0.05, 0.1) is 0 Å². The molecule has 1 aliphatic rings. The minimum absolute atomic E-state index is 0.0658. The van der Waals surface area contributed by atoms with Crippen molar-refractivity contribution in [2.45, 2.75) is 19.3 Å². The Balaban J connectivity index is 1.64. The predicted octanol–water partition coefficient (Wildman–Crippen LogP) is 7.33. The highest BCUT2D eigenvalue weighted by atomic mass is 14.4. The van der Waals surface area contributed by atoms with Gasteiger partial charge in [0, 0.05) is 5.41 Å². The number of hydrogen-bond donors (Lipinski definition) is 0. The molecule has 4 aromatic carbocycles. The molecule has 0 fully saturated rings. The smallest absolute Gasteiger partial charge is 0.0158 e. The quantitative estimate of drug-likeness (QED) is 0.356. The second kappa shape index (κ2) is 5.96. The molecule has 4 aromatic rings. The van der Waals surface area contributed by atoms with E-state index in [2.05, 4.69) is 111 Å². The van der Waals surface area contributed by atoms with Crippen LogP contribution in [-0.4, -0.2) is 0 Å². The van der Waals surface area contributed by atoms with Gasteiger partial charge in [-0.1, -0.05) is 98.8 Å². The van der Waals surface area contributed by atoms with E-state index in [-0.39, 0.29) is 5.41 Å². The summed E-state index contributed by atoms with van der Waals surface area (Å²) in [7, 11) is 0. The highest BCUT2D eigenvalue weighted by molar-refractivity contribution is 5.85. The zero-order valence-corrected chi connectivity index (χ0v) is 15.7. The van der Waals surface area contributed by atoms with Crippen LogP contribution in [0.2, 0.25) is 0 Å². The van der Waals surface area contributed by atoms with E-state index in [1.165, 1.54) is 44.5 Å². The molecular weight excluding hydrogens is 324 g/mol. The highest BCUT2D eigenvalue weighted by Crippen LogP contribution is 2.49. The van der Waals surface area contributed by atoms with Crippen LogP contribution in [0.3, 0.4) is 0 Å². The number of hydrogen-bond acceptors (Lipinski definition) is 0. The van der Waals surface area contributed by atoms with Crippen molar-refractivity contribution in [3.8, 4) is 33.4 Å². The van der Waals surface area contributed by atoms with Crippen molar-refractivity contribution in [3.63, 3.8) is 0 Å². The Morgan fingerprint density at radius 1 is 0.444 bits per heavy atom. The first-order valence-electron chi connectivity index (χ1n) is 9.55. The molecule has 5 rings (SSSR count). The van der Waals surface area contributed by atoms with E-state index < -0.39 is 0 Å². The van der Waals surface area contributed by atoms with E-state index in [4.69, 9.17) is 0 Å². The number of rotatable bonds is 2. The molecule has 0 amide bonds. The second-order valence-electron chi connectivity index (χ2n) is 7.88. The zero-order chi connectivity index (χ0) is 18.4. The zero-order valence-electron chi connectivity index (χ0n) is 15.7. The van der Waals surface area contributed by atoms with Crippen molar-refractivity contribution in [1.82, 2.24) is 0 Å². The number of benzene rings is 4. The maximum Gasteiger partial charge on any atom is 0.0158 e. The Morgan fingerprint density at radius 3 is 1.85 bits per heavy atom. The van der Waals surface area contributed by atoms with Gasteiger partial charge in [-0.05, 0) is 56.6 Å². The molecule has 0 N–H and O–H groups in total. The van der Waals surface area contributed by atoms with Crippen LogP contribution in [0.15, 0.2) is 97.1 Å². The van der Waals surface area contributed by atoms with Crippen LogP contribution < -0.4 is 0 Å². The molecule has 0 atom stereocenters. The van der Waals surface area contributed by atoms with E-state index >= 15 is 0 Å². The molecular formula is C27H22. The van der Waals surface area contributed by atoms with E-state index in [1.54, 1.807) is 0 Å². The van der Waals surface area contributed by atoms with E-state index in [1.807, 2.05) is 0 Å². The van der Waals surface area contributed by atoms with E-state index in [0.717, 1.165) is 0 Å². The Labute approximate surface area is 161 Å². The third kappa shape index (κ3) is 2.52. The van der Waals surface area contributed by atoms with Crippen molar-refractivity contribution in [1.29, 1.82) is 0 Å². The van der Waals surface area contributed by atoms with Gasteiger partial charge >= 0.3 is 0 Å². The van der Waals surface area contributed by atoms with Gasteiger partial charge in [-0.2, -0.15) is 0 Å². The molecule has 27 heavy (non-hydrogen) atoms. The van der Waals surface area contributed by atoms with Crippen LogP contribution in [0, 0.1) is 0 Å². The molecule has 0 heterocycles. The third-order valence-corrected chi connectivity index (χ3v) is 5.89. The largest absolute Gasteiger partial charge is 0.0622 e. The van der Waals surface area contributed by atoms with Crippen LogP contribution in [-0.2, 0) is 5.41 Å². The van der Waals surface area contributed by atoms with Crippen molar-refractivity contribution in [3.05, 3.63) is 108 Å². The summed E-state index contributed by atoms with van der Waals surface area (Å²) in [6, 6.07) is 35.2. The van der Waals surface area contributed by atoms with Gasteiger partial charge < -0.3 is 0 Å². The molecule has 0 radical (unpaired) electrons. The summed E-state index contributed by atoms with van der Waals surface area (Å²) in [5.74, 6) is 0. The van der Waals surface area contributed by atoms with Gasteiger partial charge in [0.25, 0.3) is 0 Å². The summed E-state index contributed by atoms with van der Waals surface area (Å²) >= 11 is 0. The van der Waals surface area contributed by atoms with Crippen molar-refractivity contribution in [2.24, 2.45) is 0 Å². The standard InChI is InChI=1S/C27H22/c1-27(2)25-14-7-6-13-23(25)24-18-22(15-16-26(24)27)21-12-8-11-20(17-21)19-9-4-3-5-10-19/h3-18H,1-2H3. The molecule has 0 nitrogen and oxygen atoms in total. The summed E-state index contributed by atoms with van der Waals surface area (Å²) in [6.45, 7) is 4.65. The van der Waals surface area contributed by atoms with Crippen LogP contribution in [0.1, 0.15) is 25.0 Å². The molecule has 0 bridgehead atoms. The molecule has 0 heteroatoms. The summed E-state index contributed by atoms with van der Waals surface area (Å²) in [5, 5.41) is 0. The molecule has 0 spiro atoms. The van der Waals surface area contributed by atoms with Crippen LogP contribution >= 0.6 is 0 Å². The first kappa shape index (κ1) is 16.1. The second-order valence-corrected chi connectivity index (χ2v) is 7.88. The first-order chi connectivity index (χ1) is 13.1. The molecule has 0 saturated carbocycles. The first-order valence-corrected chi connectivity index (χ1v) is 9.55. The Morgan fingerprint density at radius 2 is 1.04 bits per heavy atom. The maximum absolute atomic E-state index is 2.37. The summed E-state index contributed by atoms with van der Waals surface area (Å²) in [4.78, 5) is 0. The fourth-order valence-electron chi connectivity index (χ4n) is 4.41. The molecule has 0 aromatic heterocycles. The molecule has 0 unspecified atom stereocenters. The average Bonchev–Trinajstić information content (AvgIpc) is 2.96. The molecule has 1 aliphatic carbocycles. The lowest BCUT2D eigenvalue weighted by Crippen LogP contribution is -2.14. The van der Waals surface area contributed by atoms with Gasteiger partial charge in [0.1, 0.15) is 0 Å². The number of fused-ring (bicyclic) bond motifs is 3. The van der Waals surface area contributed by atoms with Crippen molar-refractivity contribution in [2.75, 3.05) is 0 Å². The van der Waals surface area contributed by atoms with Gasteiger partial charge in [-0.15, -0.1) is 0 Å². The molecule has 0 saturated heterocycles. The minimum atomic E-state index is 0.0658. The minimum Gasteiger partial charge on any atom is -0.0622 e. The Kier molecular flexibility index (Phi) is 3.55. The fraction of sp³-hybridized carbons (Fsp3) is 0.111. The normalized spacial score (nSPS) is 13.9. The van der Waals surface area contributed by atoms with Gasteiger partial charge in [-0.25, -0.2) is 0 Å². The lowest BCUT2D eigenvalue weighted by atomic mass is 9.82. The van der Waals surface area contributed by atoms with Crippen LogP contribution in [0.25, 0.3) is 33.4 Å².